The molecule has 0 saturated carbocycles. The fourth-order valence-electron chi connectivity index (χ4n) is 4.62. The van der Waals surface area contributed by atoms with Gasteiger partial charge in [0.05, 0.1) is 10.6 Å². The largest absolute Gasteiger partial charge is 0.348 e. The fourth-order valence-corrected chi connectivity index (χ4v) is 6.41. The smallest absolute Gasteiger partial charge is 0.251 e. The molecule has 3 heterocycles. The van der Waals surface area contributed by atoms with Crippen LogP contribution in [0.5, 0.6) is 0 Å². The van der Waals surface area contributed by atoms with Crippen molar-refractivity contribution in [2.24, 2.45) is 5.92 Å². The molecule has 2 aromatic carbocycles. The molecule has 1 saturated heterocycles. The van der Waals surface area contributed by atoms with Crippen molar-refractivity contribution in [3.63, 3.8) is 0 Å². The molecule has 7 nitrogen and oxygen atoms in total. The second kappa shape index (κ2) is 10.8. The summed E-state index contributed by atoms with van der Waals surface area (Å²) in [7, 11) is -1.67. The summed E-state index contributed by atoms with van der Waals surface area (Å²) in [5.41, 5.74) is 2.74. The molecule has 38 heavy (non-hydrogen) atoms. The van der Waals surface area contributed by atoms with Crippen molar-refractivity contribution >= 4 is 21.4 Å². The first-order valence-corrected chi connectivity index (χ1v) is 13.9. The van der Waals surface area contributed by atoms with Crippen molar-refractivity contribution in [1.82, 2.24) is 19.6 Å². The van der Waals surface area contributed by atoms with E-state index in [1.54, 1.807) is 6.20 Å². The highest BCUT2D eigenvalue weighted by Crippen LogP contribution is 2.24. The van der Waals surface area contributed by atoms with Crippen molar-refractivity contribution in [3.05, 3.63) is 101 Å². The Morgan fingerprint density at radius 2 is 1.92 bits per heavy atom. The number of hydrogen-bond acceptors (Lipinski definition) is 5. The van der Waals surface area contributed by atoms with Crippen LogP contribution in [-0.4, -0.2) is 54.5 Å². The van der Waals surface area contributed by atoms with Crippen LogP contribution in [0.3, 0.4) is 0 Å². The summed E-state index contributed by atoms with van der Waals surface area (Å²) in [5.74, 6) is 5.16. The maximum absolute atomic E-state index is 13.4. The van der Waals surface area contributed by atoms with Crippen LogP contribution in [0.4, 0.5) is 4.39 Å². The molecule has 1 aliphatic rings. The van der Waals surface area contributed by atoms with Crippen LogP contribution in [-0.2, 0) is 16.4 Å². The maximum Gasteiger partial charge on any atom is 0.251 e. The van der Waals surface area contributed by atoms with E-state index >= 15 is 0 Å². The number of nitrogens with one attached hydrogen (secondary N) is 1. The number of aromatic nitrogens is 2. The first kappa shape index (κ1) is 25.6. The molecule has 1 amide bonds. The Bertz CT molecular complexity index is 1650. The first-order valence-electron chi connectivity index (χ1n) is 12.3. The lowest BCUT2D eigenvalue weighted by Gasteiger charge is -2.13. The normalized spacial score (nSPS) is 15.8. The SMILES string of the molecule is CN1CCC(CS(=O)(=O)c2ccc(C(=O)NCc3ccn4ccnc4c3)cc2C#Cc2ccc(F)cc2)C1. The Labute approximate surface area is 221 Å². The predicted octanol–water partition coefficient (Wildman–Crippen LogP) is 3.53. The molecule has 0 spiro atoms. The summed E-state index contributed by atoms with van der Waals surface area (Å²) in [4.78, 5) is 19.5. The van der Waals surface area contributed by atoms with E-state index in [1.807, 2.05) is 36.0 Å². The number of hydrogen-bond donors (Lipinski definition) is 1. The minimum absolute atomic E-state index is 0.0182. The summed E-state index contributed by atoms with van der Waals surface area (Å²) in [5, 5.41) is 2.88. The van der Waals surface area contributed by atoms with E-state index in [2.05, 4.69) is 27.0 Å². The van der Waals surface area contributed by atoms with Crippen LogP contribution in [0.25, 0.3) is 5.65 Å². The van der Waals surface area contributed by atoms with E-state index in [1.165, 1.54) is 42.5 Å². The summed E-state index contributed by atoms with van der Waals surface area (Å²) >= 11 is 0. The third kappa shape index (κ3) is 5.93. The molecule has 1 N–H and O–H groups in total. The van der Waals surface area contributed by atoms with Crippen LogP contribution in [0, 0.1) is 23.6 Å². The van der Waals surface area contributed by atoms with Gasteiger partial charge in [0.2, 0.25) is 0 Å². The predicted molar refractivity (Wildman–Crippen MR) is 143 cm³/mol. The Morgan fingerprint density at radius 1 is 1.11 bits per heavy atom. The third-order valence-electron chi connectivity index (χ3n) is 6.62. The van der Waals surface area contributed by atoms with E-state index < -0.39 is 9.84 Å². The van der Waals surface area contributed by atoms with Gasteiger partial charge in [-0.15, -0.1) is 0 Å². The van der Waals surface area contributed by atoms with Gasteiger partial charge in [0.25, 0.3) is 5.91 Å². The molecule has 2 aromatic heterocycles. The Kier molecular flexibility index (Phi) is 7.27. The highest BCUT2D eigenvalue weighted by molar-refractivity contribution is 7.91. The number of pyridine rings is 1. The van der Waals surface area contributed by atoms with Gasteiger partial charge >= 0.3 is 0 Å². The van der Waals surface area contributed by atoms with Crippen molar-refractivity contribution in [3.8, 4) is 11.8 Å². The van der Waals surface area contributed by atoms with E-state index in [0.717, 1.165) is 30.7 Å². The first-order chi connectivity index (χ1) is 18.3. The van der Waals surface area contributed by atoms with Crippen LogP contribution in [0.15, 0.2) is 78.1 Å². The van der Waals surface area contributed by atoms with Gasteiger partial charge in [0.15, 0.2) is 9.84 Å². The molecule has 5 rings (SSSR count). The molecule has 1 atom stereocenters. The number of carbonyl (C=O) groups is 1. The van der Waals surface area contributed by atoms with E-state index in [4.69, 9.17) is 0 Å². The highest BCUT2D eigenvalue weighted by Gasteiger charge is 2.28. The quantitative estimate of drug-likeness (QED) is 0.386. The third-order valence-corrected chi connectivity index (χ3v) is 8.56. The van der Waals surface area contributed by atoms with Crippen LogP contribution >= 0.6 is 0 Å². The number of rotatable bonds is 6. The van der Waals surface area contributed by atoms with Gasteiger partial charge in [-0.05, 0) is 86.1 Å². The second-order valence-electron chi connectivity index (χ2n) is 9.58. The number of imidazole rings is 1. The molecular formula is C29H27FN4O3S. The van der Waals surface area contributed by atoms with Gasteiger partial charge in [-0.2, -0.15) is 0 Å². The molecule has 1 fully saturated rings. The van der Waals surface area contributed by atoms with Gasteiger partial charge < -0.3 is 14.6 Å². The fraction of sp³-hybridized carbons (Fsp3) is 0.241. The molecular weight excluding hydrogens is 503 g/mol. The molecule has 9 heteroatoms. The monoisotopic (exact) mass is 530 g/mol. The maximum atomic E-state index is 13.4. The van der Waals surface area contributed by atoms with Crippen molar-refractivity contribution in [2.45, 2.75) is 17.9 Å². The number of carbonyl (C=O) groups excluding carboxylic acids is 1. The molecule has 0 bridgehead atoms. The number of nitrogens with zero attached hydrogens (tertiary/aromatic N) is 3. The van der Waals surface area contributed by atoms with Crippen molar-refractivity contribution < 1.29 is 17.6 Å². The van der Waals surface area contributed by atoms with Gasteiger partial charge in [-0.25, -0.2) is 17.8 Å². The number of amides is 1. The Hall–Kier alpha value is -4.00. The number of benzene rings is 2. The summed E-state index contributed by atoms with van der Waals surface area (Å²) < 4.78 is 42.0. The minimum atomic E-state index is -3.65. The topological polar surface area (TPSA) is 83.8 Å². The summed E-state index contributed by atoms with van der Waals surface area (Å²) in [6, 6.07) is 13.9. The van der Waals surface area contributed by atoms with Crippen LogP contribution in [0.1, 0.15) is 33.5 Å². The van der Waals surface area contributed by atoms with Gasteiger partial charge in [0, 0.05) is 48.4 Å². The van der Waals surface area contributed by atoms with Crippen molar-refractivity contribution in [1.29, 1.82) is 0 Å². The van der Waals surface area contributed by atoms with Crippen LogP contribution < -0.4 is 5.32 Å². The van der Waals surface area contributed by atoms with Gasteiger partial charge in [-0.1, -0.05) is 11.8 Å². The lowest BCUT2D eigenvalue weighted by Crippen LogP contribution is -2.24. The van der Waals surface area contributed by atoms with Crippen LogP contribution in [0.2, 0.25) is 0 Å². The van der Waals surface area contributed by atoms with E-state index in [9.17, 15) is 17.6 Å². The zero-order valence-corrected chi connectivity index (χ0v) is 21.7. The lowest BCUT2D eigenvalue weighted by atomic mass is 10.1. The Balaban J connectivity index is 1.41. The molecule has 1 unspecified atom stereocenters. The van der Waals surface area contributed by atoms with Gasteiger partial charge in [-0.3, -0.25) is 4.79 Å². The molecule has 1 aliphatic heterocycles. The molecule has 4 aromatic rings. The lowest BCUT2D eigenvalue weighted by molar-refractivity contribution is 0.0950. The van der Waals surface area contributed by atoms with E-state index in [0.29, 0.717) is 11.1 Å². The minimum Gasteiger partial charge on any atom is -0.348 e. The van der Waals surface area contributed by atoms with Crippen molar-refractivity contribution in [2.75, 3.05) is 25.9 Å². The van der Waals surface area contributed by atoms with Gasteiger partial charge in [0.1, 0.15) is 11.5 Å². The second-order valence-corrected chi connectivity index (χ2v) is 11.6. The number of halogens is 1. The number of likely N-dealkylation sites (tertiary alicyclic amines) is 1. The van der Waals surface area contributed by atoms with E-state index in [-0.39, 0.29) is 40.4 Å². The Morgan fingerprint density at radius 3 is 2.68 bits per heavy atom. The molecule has 0 radical (unpaired) electrons. The average molecular weight is 531 g/mol. The zero-order chi connectivity index (χ0) is 26.7. The standard InChI is InChI=1S/C29H27FN4O3S/c1-33-13-10-23(19-33)20-38(36,37)27-9-6-25(17-24(27)5-2-21-3-7-26(30)8-4-21)29(35)32-18-22-11-14-34-15-12-31-28(34)16-22/h3-4,6-9,11-12,14-17,23H,10,13,18-20H2,1H3,(H,32,35). The highest BCUT2D eigenvalue weighted by atomic mass is 32.2. The summed E-state index contributed by atoms with van der Waals surface area (Å²) in [6.07, 6.45) is 6.23. The number of sulfone groups is 1. The molecule has 0 aliphatic carbocycles. The average Bonchev–Trinajstić information content (AvgIpc) is 3.54. The molecule has 194 valence electrons. The summed E-state index contributed by atoms with van der Waals surface area (Å²) in [6.45, 7) is 1.87. The zero-order valence-electron chi connectivity index (χ0n) is 20.9. The number of fused-ring (bicyclic) bond motifs is 1.